The smallest absolute Gasteiger partial charge is 0.0330 e. The van der Waals surface area contributed by atoms with Crippen LogP contribution >= 0.6 is 0 Å². The number of piperidine rings is 1. The fraction of sp³-hybridized carbons (Fsp3) is 0.875. The quantitative estimate of drug-likeness (QED) is 0.638. The molecule has 1 fully saturated rings. The Kier molecular flexibility index (Phi) is 17.2. The maximum Gasteiger partial charge on any atom is 0.0330 e. The van der Waals surface area contributed by atoms with Gasteiger partial charge in [0.05, 0.1) is 0 Å². The van der Waals surface area contributed by atoms with E-state index in [9.17, 15) is 0 Å². The Hall–Kier alpha value is -0.480. The van der Waals surface area contributed by atoms with Crippen molar-refractivity contribution in [1.29, 1.82) is 0 Å². The zero-order valence-corrected chi connectivity index (χ0v) is 13.0. The standard InChI is InChI=1S/C12H21N.2C2H6/c1-3-5-7-12-8-6-10-13(11-12)9-4-2;2*1-2/h12H,3-4,6,8-11H2,1-2H3;2*1-2H3. The van der Waals surface area contributed by atoms with E-state index in [0.29, 0.717) is 5.92 Å². The number of rotatable bonds is 2. The van der Waals surface area contributed by atoms with Gasteiger partial charge in [-0.15, -0.1) is 5.92 Å². The molecule has 0 bridgehead atoms. The maximum atomic E-state index is 3.37. The minimum absolute atomic E-state index is 0.653. The summed E-state index contributed by atoms with van der Waals surface area (Å²) in [5, 5.41) is 0. The average molecular weight is 239 g/mol. The third kappa shape index (κ3) is 10.4. The predicted octanol–water partition coefficient (Wildman–Crippen LogP) is 4.57. The molecular formula is C16H33N. The lowest BCUT2D eigenvalue weighted by Crippen LogP contribution is -2.35. The summed E-state index contributed by atoms with van der Waals surface area (Å²) >= 11 is 0. The van der Waals surface area contributed by atoms with Crippen LogP contribution in [0.15, 0.2) is 0 Å². The summed E-state index contributed by atoms with van der Waals surface area (Å²) < 4.78 is 0. The molecule has 0 aliphatic carbocycles. The van der Waals surface area contributed by atoms with Gasteiger partial charge in [-0.05, 0) is 32.4 Å². The van der Waals surface area contributed by atoms with Crippen LogP contribution in [-0.2, 0) is 0 Å². The van der Waals surface area contributed by atoms with E-state index in [2.05, 4.69) is 30.6 Å². The first kappa shape index (κ1) is 18.9. The summed E-state index contributed by atoms with van der Waals surface area (Å²) in [7, 11) is 0. The van der Waals surface area contributed by atoms with E-state index in [4.69, 9.17) is 0 Å². The van der Waals surface area contributed by atoms with Gasteiger partial charge in [-0.2, -0.15) is 0 Å². The van der Waals surface area contributed by atoms with E-state index in [1.54, 1.807) is 0 Å². The predicted molar refractivity (Wildman–Crippen MR) is 80.2 cm³/mol. The molecule has 1 nitrogen and oxygen atoms in total. The Bertz CT molecular complexity index is 185. The fourth-order valence-corrected chi connectivity index (χ4v) is 1.94. The maximum absolute atomic E-state index is 3.37. The number of hydrogen-bond donors (Lipinski definition) is 0. The fourth-order valence-electron chi connectivity index (χ4n) is 1.94. The molecule has 102 valence electrons. The lowest BCUT2D eigenvalue weighted by atomic mass is 9.98. The molecule has 1 heterocycles. The summed E-state index contributed by atoms with van der Waals surface area (Å²) in [5.41, 5.74) is 0. The SMILES string of the molecule is CC.CC.CCC#CC1CCCN(CCC)C1. The summed E-state index contributed by atoms with van der Waals surface area (Å²) in [5.74, 6) is 7.22. The van der Waals surface area contributed by atoms with Gasteiger partial charge in [0.1, 0.15) is 0 Å². The third-order valence-corrected chi connectivity index (χ3v) is 2.53. The Labute approximate surface area is 110 Å². The van der Waals surface area contributed by atoms with Gasteiger partial charge in [-0.25, -0.2) is 0 Å². The van der Waals surface area contributed by atoms with E-state index >= 15 is 0 Å². The third-order valence-electron chi connectivity index (χ3n) is 2.53. The molecule has 1 rings (SSSR count). The molecule has 0 aromatic rings. The molecule has 1 heteroatoms. The van der Waals surface area contributed by atoms with Crippen molar-refractivity contribution in [2.24, 2.45) is 5.92 Å². The van der Waals surface area contributed by atoms with E-state index in [1.807, 2.05) is 27.7 Å². The van der Waals surface area contributed by atoms with Gasteiger partial charge < -0.3 is 4.90 Å². The highest BCUT2D eigenvalue weighted by Gasteiger charge is 2.16. The minimum Gasteiger partial charge on any atom is -0.302 e. The highest BCUT2D eigenvalue weighted by molar-refractivity contribution is 5.04. The van der Waals surface area contributed by atoms with E-state index < -0.39 is 0 Å². The van der Waals surface area contributed by atoms with Gasteiger partial charge in [0, 0.05) is 18.9 Å². The molecular weight excluding hydrogens is 206 g/mol. The van der Waals surface area contributed by atoms with Crippen LogP contribution in [0.4, 0.5) is 0 Å². The molecule has 0 aromatic carbocycles. The molecule has 1 saturated heterocycles. The van der Waals surface area contributed by atoms with Crippen molar-refractivity contribution >= 4 is 0 Å². The lowest BCUT2D eigenvalue weighted by Gasteiger charge is -2.29. The highest BCUT2D eigenvalue weighted by Crippen LogP contribution is 2.15. The van der Waals surface area contributed by atoms with Crippen LogP contribution in [0.5, 0.6) is 0 Å². The Morgan fingerprint density at radius 2 is 1.76 bits per heavy atom. The van der Waals surface area contributed by atoms with Gasteiger partial charge >= 0.3 is 0 Å². The van der Waals surface area contributed by atoms with Gasteiger partial charge in [0.25, 0.3) is 0 Å². The number of hydrogen-bond acceptors (Lipinski definition) is 1. The zero-order chi connectivity index (χ0) is 13.5. The van der Waals surface area contributed by atoms with Crippen LogP contribution < -0.4 is 0 Å². The Balaban J connectivity index is 0. The molecule has 0 radical (unpaired) electrons. The lowest BCUT2D eigenvalue weighted by molar-refractivity contribution is 0.201. The normalized spacial score (nSPS) is 18.8. The molecule has 17 heavy (non-hydrogen) atoms. The van der Waals surface area contributed by atoms with Crippen LogP contribution in [0.1, 0.15) is 67.2 Å². The zero-order valence-electron chi connectivity index (χ0n) is 13.0. The van der Waals surface area contributed by atoms with Crippen LogP contribution in [0, 0.1) is 17.8 Å². The van der Waals surface area contributed by atoms with Crippen LogP contribution in [0.25, 0.3) is 0 Å². The van der Waals surface area contributed by atoms with Gasteiger partial charge in [-0.3, -0.25) is 0 Å². The summed E-state index contributed by atoms with van der Waals surface area (Å²) in [6, 6.07) is 0. The van der Waals surface area contributed by atoms with Crippen molar-refractivity contribution in [3.8, 4) is 11.8 Å². The van der Waals surface area contributed by atoms with Crippen LogP contribution in [0.2, 0.25) is 0 Å². The number of nitrogens with zero attached hydrogens (tertiary/aromatic N) is 1. The van der Waals surface area contributed by atoms with E-state index in [1.165, 1.54) is 38.9 Å². The molecule has 0 saturated carbocycles. The minimum atomic E-state index is 0.653. The molecule has 0 N–H and O–H groups in total. The van der Waals surface area contributed by atoms with Crippen LogP contribution in [0.3, 0.4) is 0 Å². The second-order valence-corrected chi connectivity index (χ2v) is 3.81. The first-order valence-corrected chi connectivity index (χ1v) is 7.57. The van der Waals surface area contributed by atoms with Crippen molar-refractivity contribution in [1.82, 2.24) is 4.90 Å². The van der Waals surface area contributed by atoms with Gasteiger partial charge in [-0.1, -0.05) is 47.5 Å². The second kappa shape index (κ2) is 15.5. The molecule has 1 unspecified atom stereocenters. The topological polar surface area (TPSA) is 3.24 Å². The second-order valence-electron chi connectivity index (χ2n) is 3.81. The number of likely N-dealkylation sites (tertiary alicyclic amines) is 1. The first-order chi connectivity index (χ1) is 8.36. The van der Waals surface area contributed by atoms with Gasteiger partial charge in [0.2, 0.25) is 0 Å². The van der Waals surface area contributed by atoms with Gasteiger partial charge in [0.15, 0.2) is 0 Å². The molecule has 1 atom stereocenters. The largest absolute Gasteiger partial charge is 0.302 e. The molecule has 1 aliphatic heterocycles. The Morgan fingerprint density at radius 3 is 2.29 bits per heavy atom. The van der Waals surface area contributed by atoms with Crippen molar-refractivity contribution in [3.05, 3.63) is 0 Å². The molecule has 0 spiro atoms. The Morgan fingerprint density at radius 1 is 1.12 bits per heavy atom. The average Bonchev–Trinajstić information content (AvgIpc) is 2.42. The first-order valence-electron chi connectivity index (χ1n) is 7.57. The summed E-state index contributed by atoms with van der Waals surface area (Å²) in [4.78, 5) is 2.55. The van der Waals surface area contributed by atoms with Crippen molar-refractivity contribution in [3.63, 3.8) is 0 Å². The molecule has 0 aromatic heterocycles. The summed E-state index contributed by atoms with van der Waals surface area (Å²) in [6.45, 7) is 16.1. The highest BCUT2D eigenvalue weighted by atomic mass is 15.1. The van der Waals surface area contributed by atoms with E-state index in [-0.39, 0.29) is 0 Å². The monoisotopic (exact) mass is 239 g/mol. The van der Waals surface area contributed by atoms with Crippen molar-refractivity contribution in [2.75, 3.05) is 19.6 Å². The summed E-state index contributed by atoms with van der Waals surface area (Å²) in [6.07, 6.45) is 4.93. The van der Waals surface area contributed by atoms with E-state index in [0.717, 1.165) is 6.42 Å². The molecule has 1 aliphatic rings. The van der Waals surface area contributed by atoms with Crippen molar-refractivity contribution < 1.29 is 0 Å². The van der Waals surface area contributed by atoms with Crippen LogP contribution in [-0.4, -0.2) is 24.5 Å². The van der Waals surface area contributed by atoms with Crippen molar-refractivity contribution in [2.45, 2.75) is 67.2 Å². The molecule has 0 amide bonds.